The Hall–Kier alpha value is -1.56. The van der Waals surface area contributed by atoms with Gasteiger partial charge in [0, 0.05) is 26.3 Å². The Morgan fingerprint density at radius 2 is 2.33 bits per heavy atom. The number of unbranched alkanes of at least 4 members (excludes halogenated alkanes) is 1. The fraction of sp³-hybridized carbons (Fsp3) is 0.733. The molecule has 0 bridgehead atoms. The normalized spacial score (nSPS) is 19.4. The molecule has 2 rings (SSSR count). The van der Waals surface area contributed by atoms with Gasteiger partial charge in [0.1, 0.15) is 0 Å². The predicted octanol–water partition coefficient (Wildman–Crippen LogP) is 2.05. The maximum atomic E-state index is 11.7. The molecule has 1 fully saturated rings. The molecule has 1 aromatic rings. The van der Waals surface area contributed by atoms with E-state index in [-0.39, 0.29) is 6.03 Å². The van der Waals surface area contributed by atoms with Crippen molar-refractivity contribution in [2.24, 2.45) is 13.0 Å². The molecule has 1 unspecified atom stereocenters. The molecule has 6 heteroatoms. The molecule has 0 saturated carbocycles. The molecule has 1 aliphatic heterocycles. The average molecular weight is 293 g/mol. The zero-order valence-corrected chi connectivity index (χ0v) is 13.1. The highest BCUT2D eigenvalue weighted by atomic mass is 16.2. The number of nitrogens with zero attached hydrogens (tertiary/aromatic N) is 3. The van der Waals surface area contributed by atoms with Gasteiger partial charge in [0.2, 0.25) is 0 Å². The molecular weight excluding hydrogens is 266 g/mol. The quantitative estimate of drug-likeness (QED) is 0.789. The van der Waals surface area contributed by atoms with Crippen molar-refractivity contribution >= 4 is 11.7 Å². The molecule has 2 N–H and O–H groups in total. The van der Waals surface area contributed by atoms with E-state index in [1.54, 1.807) is 17.1 Å². The third-order valence-electron chi connectivity index (χ3n) is 3.89. The van der Waals surface area contributed by atoms with Crippen LogP contribution in [0, 0.1) is 5.92 Å². The van der Waals surface area contributed by atoms with Gasteiger partial charge in [-0.05, 0) is 44.7 Å². The zero-order valence-electron chi connectivity index (χ0n) is 13.1. The molecule has 1 aromatic heterocycles. The largest absolute Gasteiger partial charge is 0.338 e. The van der Waals surface area contributed by atoms with E-state index in [9.17, 15) is 4.79 Å². The highest BCUT2D eigenvalue weighted by Crippen LogP contribution is 2.15. The number of aromatic nitrogens is 2. The lowest BCUT2D eigenvalue weighted by molar-refractivity contribution is 0.181. The van der Waals surface area contributed by atoms with Crippen LogP contribution in [0.25, 0.3) is 0 Å². The van der Waals surface area contributed by atoms with Crippen LogP contribution in [0.4, 0.5) is 10.5 Å². The number of nitrogens with one attached hydrogen (secondary N) is 2. The summed E-state index contributed by atoms with van der Waals surface area (Å²) in [5.41, 5.74) is 0.720. The van der Waals surface area contributed by atoms with Crippen LogP contribution < -0.4 is 10.6 Å². The molecule has 0 spiro atoms. The molecule has 2 heterocycles. The highest BCUT2D eigenvalue weighted by Gasteiger charge is 2.15. The lowest BCUT2D eigenvalue weighted by Crippen LogP contribution is -2.35. The Morgan fingerprint density at radius 1 is 1.48 bits per heavy atom. The molecule has 0 aliphatic carbocycles. The number of piperidine rings is 1. The molecule has 118 valence electrons. The van der Waals surface area contributed by atoms with Crippen molar-refractivity contribution in [3.63, 3.8) is 0 Å². The first kappa shape index (κ1) is 15.8. The number of anilines is 1. The van der Waals surface area contributed by atoms with E-state index >= 15 is 0 Å². The minimum absolute atomic E-state index is 0.158. The summed E-state index contributed by atoms with van der Waals surface area (Å²) in [6, 6.07) is -0.158. The van der Waals surface area contributed by atoms with Crippen molar-refractivity contribution < 1.29 is 4.79 Å². The van der Waals surface area contributed by atoms with Gasteiger partial charge in [-0.15, -0.1) is 0 Å². The zero-order chi connectivity index (χ0) is 15.1. The van der Waals surface area contributed by atoms with E-state index in [0.29, 0.717) is 0 Å². The summed E-state index contributed by atoms with van der Waals surface area (Å²) in [5.74, 6) is 0.835. The van der Waals surface area contributed by atoms with E-state index in [4.69, 9.17) is 0 Å². The number of urea groups is 1. The van der Waals surface area contributed by atoms with Crippen LogP contribution in [-0.2, 0) is 7.05 Å². The van der Waals surface area contributed by atoms with E-state index in [0.717, 1.165) is 37.5 Å². The summed E-state index contributed by atoms with van der Waals surface area (Å²) in [7, 11) is 1.82. The van der Waals surface area contributed by atoms with E-state index in [2.05, 4.69) is 27.6 Å². The van der Waals surface area contributed by atoms with Crippen molar-refractivity contribution in [3.05, 3.63) is 12.4 Å². The standard InChI is InChI=1S/C15H27N5O/c1-13-6-5-9-20(11-13)8-4-3-7-16-15(21)18-14-10-17-19(2)12-14/h10,12-13H,3-9,11H2,1-2H3,(H2,16,18,21). The van der Waals surface area contributed by atoms with Crippen LogP contribution in [0.5, 0.6) is 0 Å². The van der Waals surface area contributed by atoms with E-state index in [1.807, 2.05) is 7.05 Å². The maximum absolute atomic E-state index is 11.7. The Balaban J connectivity index is 1.52. The minimum Gasteiger partial charge on any atom is -0.338 e. The molecule has 1 atom stereocenters. The van der Waals surface area contributed by atoms with Crippen molar-refractivity contribution in [1.82, 2.24) is 20.0 Å². The van der Waals surface area contributed by atoms with Gasteiger partial charge in [0.15, 0.2) is 0 Å². The van der Waals surface area contributed by atoms with Gasteiger partial charge >= 0.3 is 6.03 Å². The predicted molar refractivity (Wildman–Crippen MR) is 84.3 cm³/mol. The van der Waals surface area contributed by atoms with E-state index in [1.165, 1.54) is 25.9 Å². The fourth-order valence-electron chi connectivity index (χ4n) is 2.81. The summed E-state index contributed by atoms with van der Waals surface area (Å²) in [6.45, 7) is 6.66. The van der Waals surface area contributed by atoms with Crippen LogP contribution in [-0.4, -0.2) is 46.9 Å². The Kier molecular flexibility index (Phi) is 6.04. The second-order valence-corrected chi connectivity index (χ2v) is 6.04. The Bertz CT molecular complexity index is 445. The molecule has 21 heavy (non-hydrogen) atoms. The first-order chi connectivity index (χ1) is 10.1. The summed E-state index contributed by atoms with van der Waals surface area (Å²) in [6.07, 6.45) is 8.26. The minimum atomic E-state index is -0.158. The second-order valence-electron chi connectivity index (χ2n) is 6.04. The smallest absolute Gasteiger partial charge is 0.319 e. The first-order valence-electron chi connectivity index (χ1n) is 7.89. The topological polar surface area (TPSA) is 62.2 Å². The molecule has 1 aliphatic rings. The first-order valence-corrected chi connectivity index (χ1v) is 7.89. The van der Waals surface area contributed by atoms with Gasteiger partial charge < -0.3 is 15.5 Å². The van der Waals surface area contributed by atoms with Crippen molar-refractivity contribution in [1.29, 1.82) is 0 Å². The van der Waals surface area contributed by atoms with Crippen LogP contribution in [0.2, 0.25) is 0 Å². The van der Waals surface area contributed by atoms with Crippen LogP contribution >= 0.6 is 0 Å². The average Bonchev–Trinajstić information content (AvgIpc) is 2.84. The van der Waals surface area contributed by atoms with Crippen molar-refractivity contribution in [3.8, 4) is 0 Å². The van der Waals surface area contributed by atoms with Crippen LogP contribution in [0.15, 0.2) is 12.4 Å². The lowest BCUT2D eigenvalue weighted by Gasteiger charge is -2.30. The number of hydrogen-bond acceptors (Lipinski definition) is 3. The van der Waals surface area contributed by atoms with Crippen molar-refractivity contribution in [2.45, 2.75) is 32.6 Å². The number of likely N-dealkylation sites (tertiary alicyclic amines) is 1. The Labute approximate surface area is 126 Å². The SMILES string of the molecule is CC1CCCN(CCCCNC(=O)Nc2cnn(C)c2)C1. The number of hydrogen-bond donors (Lipinski definition) is 2. The number of aryl methyl sites for hydroxylation is 1. The summed E-state index contributed by atoms with van der Waals surface area (Å²) < 4.78 is 1.66. The number of carbonyl (C=O) groups is 1. The summed E-state index contributed by atoms with van der Waals surface area (Å²) in [5, 5.41) is 9.65. The summed E-state index contributed by atoms with van der Waals surface area (Å²) >= 11 is 0. The van der Waals surface area contributed by atoms with Crippen LogP contribution in [0.1, 0.15) is 32.6 Å². The van der Waals surface area contributed by atoms with Gasteiger partial charge in [-0.3, -0.25) is 4.68 Å². The maximum Gasteiger partial charge on any atom is 0.319 e. The molecular formula is C15H27N5O. The number of rotatable bonds is 6. The third-order valence-corrected chi connectivity index (χ3v) is 3.89. The fourth-order valence-corrected chi connectivity index (χ4v) is 2.81. The van der Waals surface area contributed by atoms with Gasteiger partial charge in [0.25, 0.3) is 0 Å². The van der Waals surface area contributed by atoms with Gasteiger partial charge in [0.05, 0.1) is 11.9 Å². The molecule has 0 aromatic carbocycles. The summed E-state index contributed by atoms with van der Waals surface area (Å²) in [4.78, 5) is 14.2. The van der Waals surface area contributed by atoms with E-state index < -0.39 is 0 Å². The van der Waals surface area contributed by atoms with Gasteiger partial charge in [-0.1, -0.05) is 6.92 Å². The second kappa shape index (κ2) is 8.02. The number of amides is 2. The lowest BCUT2D eigenvalue weighted by atomic mass is 10.0. The molecule has 0 radical (unpaired) electrons. The third kappa shape index (κ3) is 5.75. The monoisotopic (exact) mass is 293 g/mol. The van der Waals surface area contributed by atoms with Gasteiger partial charge in [-0.2, -0.15) is 5.10 Å². The molecule has 1 saturated heterocycles. The molecule has 2 amide bonds. The van der Waals surface area contributed by atoms with Gasteiger partial charge in [-0.25, -0.2) is 4.79 Å². The van der Waals surface area contributed by atoms with Crippen molar-refractivity contribution in [2.75, 3.05) is 31.5 Å². The highest BCUT2D eigenvalue weighted by molar-refractivity contribution is 5.88. The Morgan fingerprint density at radius 3 is 3.05 bits per heavy atom. The molecule has 6 nitrogen and oxygen atoms in total. The van der Waals surface area contributed by atoms with Crippen LogP contribution in [0.3, 0.4) is 0 Å². The number of carbonyl (C=O) groups excluding carboxylic acids is 1.